The molecule has 1 aromatic carbocycles. The summed E-state index contributed by atoms with van der Waals surface area (Å²) < 4.78 is 10.8. The molecule has 2 aromatic heterocycles. The molecule has 1 aliphatic heterocycles. The molecule has 1 amide bonds. The van der Waals surface area contributed by atoms with Crippen molar-refractivity contribution in [3.63, 3.8) is 0 Å². The van der Waals surface area contributed by atoms with Gasteiger partial charge in [0, 0.05) is 25.5 Å². The maximum Gasteiger partial charge on any atom is 0.275 e. The van der Waals surface area contributed by atoms with Gasteiger partial charge in [0.15, 0.2) is 11.5 Å². The second-order valence-corrected chi connectivity index (χ2v) is 6.37. The van der Waals surface area contributed by atoms with Crippen molar-refractivity contribution in [2.75, 3.05) is 13.7 Å². The standard InChI is InChI=1S/C17H19N5O3/c1-9-4-5-13-12(6-9)15(20-19-13)17(23)22-8-11(24-3)7-14(22)16-18-10(2)21-25-16/h4-6,11,14H,7-8H2,1-3H3,(H,19,20)/t11-,14-/m1/s1. The van der Waals surface area contributed by atoms with Crippen LogP contribution >= 0.6 is 0 Å². The Labute approximate surface area is 144 Å². The number of ether oxygens (including phenoxy) is 1. The molecule has 0 unspecified atom stereocenters. The van der Waals surface area contributed by atoms with Crippen molar-refractivity contribution in [1.29, 1.82) is 0 Å². The Morgan fingerprint density at radius 3 is 2.96 bits per heavy atom. The van der Waals surface area contributed by atoms with E-state index in [4.69, 9.17) is 9.26 Å². The van der Waals surface area contributed by atoms with E-state index in [2.05, 4.69) is 20.3 Å². The zero-order valence-electron chi connectivity index (χ0n) is 14.3. The zero-order chi connectivity index (χ0) is 17.6. The highest BCUT2D eigenvalue weighted by Crippen LogP contribution is 2.34. The number of aromatic amines is 1. The third-order valence-electron chi connectivity index (χ3n) is 4.61. The molecule has 0 spiro atoms. The van der Waals surface area contributed by atoms with Crippen LogP contribution in [0.2, 0.25) is 0 Å². The van der Waals surface area contributed by atoms with Crippen molar-refractivity contribution in [2.45, 2.75) is 32.4 Å². The summed E-state index contributed by atoms with van der Waals surface area (Å²) in [5, 5.41) is 11.8. The average Bonchev–Trinajstić information content (AvgIpc) is 3.31. The lowest BCUT2D eigenvalue weighted by Gasteiger charge is -2.20. The minimum Gasteiger partial charge on any atom is -0.380 e. The van der Waals surface area contributed by atoms with Gasteiger partial charge in [0.25, 0.3) is 5.91 Å². The highest BCUT2D eigenvalue weighted by Gasteiger charge is 2.40. The van der Waals surface area contributed by atoms with Crippen LogP contribution in [0.3, 0.4) is 0 Å². The number of rotatable bonds is 3. The predicted molar refractivity (Wildman–Crippen MR) is 89.1 cm³/mol. The number of carbonyl (C=O) groups is 1. The number of hydrogen-bond donors (Lipinski definition) is 1. The van der Waals surface area contributed by atoms with Crippen molar-refractivity contribution in [3.8, 4) is 0 Å². The lowest BCUT2D eigenvalue weighted by Crippen LogP contribution is -2.32. The van der Waals surface area contributed by atoms with E-state index in [-0.39, 0.29) is 18.1 Å². The van der Waals surface area contributed by atoms with E-state index in [0.717, 1.165) is 16.5 Å². The summed E-state index contributed by atoms with van der Waals surface area (Å²) in [7, 11) is 1.64. The van der Waals surface area contributed by atoms with Gasteiger partial charge in [-0.15, -0.1) is 0 Å². The van der Waals surface area contributed by atoms with Gasteiger partial charge < -0.3 is 14.2 Å². The van der Waals surface area contributed by atoms with Gasteiger partial charge in [-0.2, -0.15) is 10.1 Å². The smallest absolute Gasteiger partial charge is 0.275 e. The molecule has 3 heterocycles. The number of nitrogens with one attached hydrogen (secondary N) is 1. The highest BCUT2D eigenvalue weighted by atomic mass is 16.5. The summed E-state index contributed by atoms with van der Waals surface area (Å²) in [5.74, 6) is 0.808. The van der Waals surface area contributed by atoms with E-state index >= 15 is 0 Å². The molecular formula is C17H19N5O3. The molecule has 130 valence electrons. The Kier molecular flexibility index (Phi) is 3.76. The lowest BCUT2D eigenvalue weighted by atomic mass is 10.1. The van der Waals surface area contributed by atoms with Crippen molar-refractivity contribution in [2.24, 2.45) is 0 Å². The maximum absolute atomic E-state index is 13.2. The van der Waals surface area contributed by atoms with Crippen LogP contribution in [0.1, 0.15) is 40.2 Å². The first-order chi connectivity index (χ1) is 12.1. The van der Waals surface area contributed by atoms with Gasteiger partial charge in [0.1, 0.15) is 6.04 Å². The van der Waals surface area contributed by atoms with E-state index in [1.165, 1.54) is 0 Å². The van der Waals surface area contributed by atoms with Crippen LogP contribution in [0.5, 0.6) is 0 Å². The SMILES string of the molecule is CO[C@@H]1C[C@H](c2nc(C)no2)N(C(=O)c2n[nH]c3ccc(C)cc23)C1. The van der Waals surface area contributed by atoms with Crippen LogP contribution in [0.15, 0.2) is 22.7 Å². The van der Waals surface area contributed by atoms with Crippen LogP contribution in [-0.4, -0.2) is 50.9 Å². The van der Waals surface area contributed by atoms with Crippen LogP contribution in [0.25, 0.3) is 10.9 Å². The summed E-state index contributed by atoms with van der Waals surface area (Å²) in [4.78, 5) is 19.2. The first-order valence-corrected chi connectivity index (χ1v) is 8.15. The van der Waals surface area contributed by atoms with Crippen molar-refractivity contribution in [1.82, 2.24) is 25.2 Å². The molecule has 4 rings (SSSR count). The molecule has 0 saturated carbocycles. The zero-order valence-corrected chi connectivity index (χ0v) is 14.3. The van der Waals surface area contributed by atoms with Gasteiger partial charge >= 0.3 is 0 Å². The molecule has 0 aliphatic carbocycles. The Hall–Kier alpha value is -2.74. The fourth-order valence-corrected chi connectivity index (χ4v) is 3.30. The first-order valence-electron chi connectivity index (χ1n) is 8.15. The normalized spacial score (nSPS) is 20.5. The summed E-state index contributed by atoms with van der Waals surface area (Å²) >= 11 is 0. The van der Waals surface area contributed by atoms with Gasteiger partial charge in [0.05, 0.1) is 11.6 Å². The van der Waals surface area contributed by atoms with Crippen molar-refractivity contribution < 1.29 is 14.1 Å². The number of H-pyrrole nitrogens is 1. The molecule has 3 aromatic rings. The molecule has 1 aliphatic rings. The number of aromatic nitrogens is 4. The highest BCUT2D eigenvalue weighted by molar-refractivity contribution is 6.05. The Bertz CT molecular complexity index is 931. The van der Waals surface area contributed by atoms with Gasteiger partial charge in [-0.1, -0.05) is 16.8 Å². The largest absolute Gasteiger partial charge is 0.380 e. The molecule has 0 radical (unpaired) electrons. The number of carbonyl (C=O) groups excluding carboxylic acids is 1. The molecule has 25 heavy (non-hydrogen) atoms. The second kappa shape index (κ2) is 5.96. The summed E-state index contributed by atoms with van der Waals surface area (Å²) in [6, 6.07) is 5.56. The number of nitrogens with zero attached hydrogens (tertiary/aromatic N) is 4. The minimum absolute atomic E-state index is 0.0758. The topological polar surface area (TPSA) is 97.1 Å². The van der Waals surface area contributed by atoms with Gasteiger partial charge in [-0.3, -0.25) is 9.89 Å². The maximum atomic E-state index is 13.2. The van der Waals surface area contributed by atoms with E-state index in [1.54, 1.807) is 18.9 Å². The van der Waals surface area contributed by atoms with E-state index < -0.39 is 0 Å². The number of fused-ring (bicyclic) bond motifs is 1. The van der Waals surface area contributed by atoms with Gasteiger partial charge in [0.2, 0.25) is 5.89 Å². The molecular weight excluding hydrogens is 322 g/mol. The fourth-order valence-electron chi connectivity index (χ4n) is 3.30. The third-order valence-corrected chi connectivity index (χ3v) is 4.61. The van der Waals surface area contributed by atoms with Crippen molar-refractivity contribution in [3.05, 3.63) is 41.2 Å². The quantitative estimate of drug-likeness (QED) is 0.784. The number of likely N-dealkylation sites (tertiary alicyclic amines) is 1. The molecule has 1 saturated heterocycles. The minimum atomic E-state index is -0.310. The first kappa shape index (κ1) is 15.8. The number of methoxy groups -OCH3 is 1. The number of hydrogen-bond acceptors (Lipinski definition) is 6. The lowest BCUT2D eigenvalue weighted by molar-refractivity contribution is 0.0667. The molecule has 1 fully saturated rings. The summed E-state index contributed by atoms with van der Waals surface area (Å²) in [5.41, 5.74) is 2.31. The summed E-state index contributed by atoms with van der Waals surface area (Å²) in [6.07, 6.45) is 0.540. The Balaban J connectivity index is 1.72. The van der Waals surface area contributed by atoms with Crippen LogP contribution in [0.4, 0.5) is 0 Å². The molecule has 0 bridgehead atoms. The van der Waals surface area contributed by atoms with Crippen LogP contribution in [0, 0.1) is 13.8 Å². The number of benzene rings is 1. The molecule has 8 nitrogen and oxygen atoms in total. The van der Waals surface area contributed by atoms with Gasteiger partial charge in [-0.05, 0) is 26.0 Å². The van der Waals surface area contributed by atoms with E-state index in [1.807, 2.05) is 25.1 Å². The van der Waals surface area contributed by atoms with Crippen LogP contribution in [-0.2, 0) is 4.74 Å². The van der Waals surface area contributed by atoms with Crippen molar-refractivity contribution >= 4 is 16.8 Å². The van der Waals surface area contributed by atoms with Crippen LogP contribution < -0.4 is 0 Å². The van der Waals surface area contributed by atoms with E-state index in [9.17, 15) is 4.79 Å². The molecule has 8 heteroatoms. The molecule has 1 N–H and O–H groups in total. The number of aryl methyl sites for hydroxylation is 2. The number of amides is 1. The fraction of sp³-hybridized carbons (Fsp3) is 0.412. The predicted octanol–water partition coefficient (Wildman–Crippen LogP) is 2.16. The molecule has 2 atom stereocenters. The van der Waals surface area contributed by atoms with Gasteiger partial charge in [-0.25, -0.2) is 0 Å². The average molecular weight is 341 g/mol. The monoisotopic (exact) mass is 341 g/mol. The Morgan fingerprint density at radius 1 is 1.40 bits per heavy atom. The van der Waals surface area contributed by atoms with E-state index in [0.29, 0.717) is 30.4 Å². The Morgan fingerprint density at radius 2 is 2.24 bits per heavy atom. The second-order valence-electron chi connectivity index (χ2n) is 6.37. The third kappa shape index (κ3) is 2.68. The summed E-state index contributed by atoms with van der Waals surface area (Å²) in [6.45, 7) is 4.20.